The van der Waals surface area contributed by atoms with Gasteiger partial charge in [-0.05, 0) is 42.5 Å². The number of carbonyl (C=O) groups excluding carboxylic acids is 1. The maximum atomic E-state index is 13.0. The van der Waals surface area contributed by atoms with Crippen LogP contribution in [0.2, 0.25) is 5.02 Å². The number of rotatable bonds is 5. The third-order valence-electron chi connectivity index (χ3n) is 7.50. The molecule has 0 spiro atoms. The van der Waals surface area contributed by atoms with E-state index in [0.717, 1.165) is 35.7 Å². The summed E-state index contributed by atoms with van der Waals surface area (Å²) in [6.07, 6.45) is 4.46. The highest BCUT2D eigenvalue weighted by molar-refractivity contribution is 7.90. The van der Waals surface area contributed by atoms with Crippen LogP contribution < -0.4 is 0 Å². The van der Waals surface area contributed by atoms with Gasteiger partial charge in [-0.2, -0.15) is 5.10 Å². The lowest BCUT2D eigenvalue weighted by molar-refractivity contribution is 0.121. The molecule has 10 heteroatoms. The summed E-state index contributed by atoms with van der Waals surface area (Å²) < 4.78 is 24.5. The molecule has 188 valence electrons. The van der Waals surface area contributed by atoms with Gasteiger partial charge in [0.1, 0.15) is 5.82 Å². The van der Waals surface area contributed by atoms with Crippen LogP contribution in [0, 0.1) is 0 Å². The van der Waals surface area contributed by atoms with Crippen molar-refractivity contribution in [3.63, 3.8) is 0 Å². The molecule has 1 aliphatic carbocycles. The largest absolute Gasteiger partial charge is 0.324 e. The summed E-state index contributed by atoms with van der Waals surface area (Å²) in [6, 6.07) is 12.9. The minimum absolute atomic E-state index is 0.0854. The molecule has 0 radical (unpaired) electrons. The second-order valence-electron chi connectivity index (χ2n) is 10.2. The van der Waals surface area contributed by atoms with Crippen LogP contribution >= 0.6 is 11.6 Å². The van der Waals surface area contributed by atoms with Crippen LogP contribution in [-0.4, -0.2) is 71.9 Å². The minimum atomic E-state index is -3.41. The number of benzene rings is 2. The number of amides is 2. The molecule has 36 heavy (non-hydrogen) atoms. The first-order valence-corrected chi connectivity index (χ1v) is 14.6. The Morgan fingerprint density at radius 2 is 1.69 bits per heavy atom. The summed E-state index contributed by atoms with van der Waals surface area (Å²) in [5, 5.41) is 7.87. The van der Waals surface area contributed by atoms with Gasteiger partial charge in [0.05, 0.1) is 4.90 Å². The molecule has 3 fully saturated rings. The highest BCUT2D eigenvalue weighted by atomic mass is 35.5. The quantitative estimate of drug-likeness (QED) is 0.531. The maximum Gasteiger partial charge on any atom is 0.320 e. The van der Waals surface area contributed by atoms with E-state index in [1.165, 1.54) is 25.2 Å². The van der Waals surface area contributed by atoms with E-state index in [2.05, 4.69) is 15.2 Å². The molecule has 8 nitrogen and oxygen atoms in total. The van der Waals surface area contributed by atoms with Crippen molar-refractivity contribution in [2.45, 2.75) is 41.9 Å². The molecule has 1 atom stereocenters. The maximum absolute atomic E-state index is 13.0. The fourth-order valence-electron chi connectivity index (χ4n) is 5.18. The van der Waals surface area contributed by atoms with E-state index < -0.39 is 9.84 Å². The van der Waals surface area contributed by atoms with Crippen molar-refractivity contribution >= 4 is 27.5 Å². The van der Waals surface area contributed by atoms with Gasteiger partial charge in [-0.1, -0.05) is 41.9 Å². The van der Waals surface area contributed by atoms with E-state index in [1.54, 1.807) is 12.1 Å². The first-order chi connectivity index (χ1) is 17.3. The van der Waals surface area contributed by atoms with Crippen LogP contribution in [0.5, 0.6) is 0 Å². The van der Waals surface area contributed by atoms with Crippen LogP contribution in [0.3, 0.4) is 0 Å². The van der Waals surface area contributed by atoms with Crippen LogP contribution in [0.15, 0.2) is 47.4 Å². The van der Waals surface area contributed by atoms with Gasteiger partial charge in [-0.3, -0.25) is 5.10 Å². The molecular formula is C26H28ClN5O3S. The zero-order valence-corrected chi connectivity index (χ0v) is 21.6. The van der Waals surface area contributed by atoms with Gasteiger partial charge < -0.3 is 9.80 Å². The first kappa shape index (κ1) is 23.5. The molecular weight excluding hydrogens is 498 g/mol. The summed E-state index contributed by atoms with van der Waals surface area (Å²) in [7, 11) is -3.41. The molecule has 1 aromatic heterocycles. The van der Waals surface area contributed by atoms with Crippen LogP contribution in [0.4, 0.5) is 4.79 Å². The summed E-state index contributed by atoms with van der Waals surface area (Å²) in [6.45, 7) is 2.76. The average molecular weight is 526 g/mol. The molecule has 0 bridgehead atoms. The second kappa shape index (κ2) is 8.88. The minimum Gasteiger partial charge on any atom is -0.324 e. The Morgan fingerprint density at radius 1 is 0.972 bits per heavy atom. The van der Waals surface area contributed by atoms with Gasteiger partial charge in [0.25, 0.3) is 0 Å². The highest BCUT2D eigenvalue weighted by Crippen LogP contribution is 2.39. The monoisotopic (exact) mass is 525 g/mol. The Bertz CT molecular complexity index is 1410. The van der Waals surface area contributed by atoms with Crippen molar-refractivity contribution in [2.75, 3.05) is 32.4 Å². The zero-order chi connectivity index (χ0) is 25.0. The predicted octanol–water partition coefficient (Wildman–Crippen LogP) is 4.41. The average Bonchev–Trinajstić information content (AvgIpc) is 3.34. The summed E-state index contributed by atoms with van der Waals surface area (Å²) in [4.78, 5) is 21.8. The molecule has 6 rings (SSSR count). The topological polar surface area (TPSA) is 99.3 Å². The molecule has 2 aliphatic heterocycles. The van der Waals surface area contributed by atoms with E-state index in [0.29, 0.717) is 36.1 Å². The lowest BCUT2D eigenvalue weighted by Gasteiger charge is -2.41. The highest BCUT2D eigenvalue weighted by Gasteiger charge is 2.38. The number of carbonyl (C=O) groups is 1. The fourth-order valence-corrected chi connectivity index (χ4v) is 6.34. The number of aromatic amines is 1. The molecule has 1 N–H and O–H groups in total. The van der Waals surface area contributed by atoms with Crippen molar-refractivity contribution in [1.82, 2.24) is 25.0 Å². The van der Waals surface area contributed by atoms with Crippen molar-refractivity contribution in [1.29, 1.82) is 0 Å². The van der Waals surface area contributed by atoms with Crippen molar-refractivity contribution in [2.24, 2.45) is 0 Å². The SMILES string of the molecule is CS(=O)(=O)c1cc(Cl)ccc1-c1ccc(C2CN(C(=O)N3CCC(c4n[nH]c(C5CC5)n4)C3)C2)cc1. The molecule has 3 aliphatic rings. The van der Waals surface area contributed by atoms with E-state index in [1.807, 2.05) is 34.1 Å². The summed E-state index contributed by atoms with van der Waals surface area (Å²) in [5.74, 6) is 2.86. The normalized spacial score (nSPS) is 20.6. The van der Waals surface area contributed by atoms with Gasteiger partial charge in [0.2, 0.25) is 0 Å². The van der Waals surface area contributed by atoms with Crippen LogP contribution in [0.1, 0.15) is 54.2 Å². The van der Waals surface area contributed by atoms with Crippen LogP contribution in [-0.2, 0) is 9.84 Å². The third kappa shape index (κ3) is 4.50. The van der Waals surface area contributed by atoms with E-state index in [9.17, 15) is 13.2 Å². The molecule has 3 heterocycles. The number of nitrogens with zero attached hydrogens (tertiary/aromatic N) is 4. The third-order valence-corrected chi connectivity index (χ3v) is 8.87. The summed E-state index contributed by atoms with van der Waals surface area (Å²) >= 11 is 6.04. The molecule has 1 unspecified atom stereocenters. The smallest absolute Gasteiger partial charge is 0.320 e. The fraction of sp³-hybridized carbons (Fsp3) is 0.423. The molecule has 2 saturated heterocycles. The van der Waals surface area contributed by atoms with Crippen molar-refractivity contribution in [3.05, 3.63) is 64.7 Å². The van der Waals surface area contributed by atoms with Gasteiger partial charge in [-0.15, -0.1) is 0 Å². The number of urea groups is 1. The second-order valence-corrected chi connectivity index (χ2v) is 12.6. The standard InChI is InChI=1S/C26H28ClN5O3S/c1-36(34,35)23-12-21(27)8-9-22(23)17-4-2-16(3-5-17)20-14-32(15-20)26(33)31-11-10-19(13-31)25-28-24(29-30-25)18-6-7-18/h2-5,8-9,12,18-20H,6-7,10-11,13-15H2,1H3,(H,28,29,30). The Hall–Kier alpha value is -2.91. The Labute approximate surface area is 215 Å². The molecule has 2 aromatic carbocycles. The van der Waals surface area contributed by atoms with Gasteiger partial charge in [0, 0.05) is 60.8 Å². The Morgan fingerprint density at radius 3 is 2.39 bits per heavy atom. The van der Waals surface area contributed by atoms with Crippen molar-refractivity contribution in [3.8, 4) is 11.1 Å². The van der Waals surface area contributed by atoms with Gasteiger partial charge >= 0.3 is 6.03 Å². The number of hydrogen-bond donors (Lipinski definition) is 1. The lowest BCUT2D eigenvalue weighted by atomic mass is 9.90. The number of hydrogen-bond acceptors (Lipinski definition) is 5. The number of halogens is 1. The molecule has 2 amide bonds. The number of nitrogens with one attached hydrogen (secondary N) is 1. The zero-order valence-electron chi connectivity index (χ0n) is 20.0. The predicted molar refractivity (Wildman–Crippen MR) is 137 cm³/mol. The molecule has 1 saturated carbocycles. The number of aromatic nitrogens is 3. The van der Waals surface area contributed by atoms with E-state index >= 15 is 0 Å². The van der Waals surface area contributed by atoms with Gasteiger partial charge in [0.15, 0.2) is 15.7 Å². The number of likely N-dealkylation sites (tertiary alicyclic amines) is 2. The van der Waals surface area contributed by atoms with Crippen molar-refractivity contribution < 1.29 is 13.2 Å². The summed E-state index contributed by atoms with van der Waals surface area (Å²) in [5.41, 5.74) is 2.60. The van der Waals surface area contributed by atoms with Crippen LogP contribution in [0.25, 0.3) is 11.1 Å². The number of H-pyrrole nitrogens is 1. The van der Waals surface area contributed by atoms with E-state index in [4.69, 9.17) is 11.6 Å². The first-order valence-electron chi connectivity index (χ1n) is 12.3. The number of sulfone groups is 1. The molecule has 3 aromatic rings. The van der Waals surface area contributed by atoms with E-state index in [-0.39, 0.29) is 22.8 Å². The Kier molecular flexibility index (Phi) is 5.80. The Balaban J connectivity index is 1.07. The van der Waals surface area contributed by atoms with Gasteiger partial charge in [-0.25, -0.2) is 18.2 Å². The lowest BCUT2D eigenvalue weighted by Crippen LogP contribution is -2.53.